The second kappa shape index (κ2) is 6.49. The molecule has 1 fully saturated rings. The summed E-state index contributed by atoms with van der Waals surface area (Å²) in [5, 5.41) is 8.85. The summed E-state index contributed by atoms with van der Waals surface area (Å²) >= 11 is 0. The Kier molecular flexibility index (Phi) is 5.55. The van der Waals surface area contributed by atoms with Crippen LogP contribution in [0.5, 0.6) is 0 Å². The molecule has 1 saturated heterocycles. The fourth-order valence-corrected chi connectivity index (χ4v) is 3.80. The highest BCUT2D eigenvalue weighted by molar-refractivity contribution is 7.91. The highest BCUT2D eigenvalue weighted by Gasteiger charge is 2.32. The standard InChI is InChI=1S/C11H21NO5S/c1-9(2)17-5-4-12(7-11(13)14)10-3-6-18(15,16)8-10/h9-10H,3-8H2,1-2H3,(H,13,14). The number of nitrogens with zero attached hydrogens (tertiary/aromatic N) is 1. The van der Waals surface area contributed by atoms with Crippen molar-refractivity contribution in [1.29, 1.82) is 0 Å². The molecule has 0 bridgehead atoms. The monoisotopic (exact) mass is 279 g/mol. The fraction of sp³-hybridized carbons (Fsp3) is 0.909. The van der Waals surface area contributed by atoms with Gasteiger partial charge in [-0.05, 0) is 20.3 Å². The third-order valence-electron chi connectivity index (χ3n) is 2.89. The topological polar surface area (TPSA) is 83.9 Å². The molecular weight excluding hydrogens is 258 g/mol. The largest absolute Gasteiger partial charge is 0.480 e. The van der Waals surface area contributed by atoms with Gasteiger partial charge in [0.15, 0.2) is 9.84 Å². The third-order valence-corrected chi connectivity index (χ3v) is 4.64. The molecular formula is C11H21NO5S. The zero-order chi connectivity index (χ0) is 13.8. The summed E-state index contributed by atoms with van der Waals surface area (Å²) in [5.41, 5.74) is 0. The maximum absolute atomic E-state index is 11.4. The Balaban J connectivity index is 2.53. The maximum Gasteiger partial charge on any atom is 0.317 e. The van der Waals surface area contributed by atoms with E-state index < -0.39 is 15.8 Å². The van der Waals surface area contributed by atoms with Gasteiger partial charge in [-0.25, -0.2) is 8.42 Å². The van der Waals surface area contributed by atoms with Gasteiger partial charge in [0.05, 0.1) is 30.8 Å². The molecule has 18 heavy (non-hydrogen) atoms. The molecule has 0 radical (unpaired) electrons. The normalized spacial score (nSPS) is 22.8. The molecule has 1 aliphatic rings. The summed E-state index contributed by atoms with van der Waals surface area (Å²) in [6.07, 6.45) is 0.598. The summed E-state index contributed by atoms with van der Waals surface area (Å²) in [6.45, 7) is 4.54. The first-order valence-corrected chi connectivity index (χ1v) is 7.90. The Bertz CT molecular complexity index is 379. The predicted molar refractivity (Wildman–Crippen MR) is 67.4 cm³/mol. The molecule has 1 N–H and O–H groups in total. The van der Waals surface area contributed by atoms with Crippen LogP contribution in [0.25, 0.3) is 0 Å². The second-order valence-corrected chi connectivity index (χ2v) is 7.07. The van der Waals surface area contributed by atoms with E-state index in [9.17, 15) is 13.2 Å². The Labute approximate surface area is 108 Å². The van der Waals surface area contributed by atoms with Crippen molar-refractivity contribution in [1.82, 2.24) is 4.90 Å². The highest BCUT2D eigenvalue weighted by Crippen LogP contribution is 2.17. The van der Waals surface area contributed by atoms with Gasteiger partial charge in [-0.2, -0.15) is 0 Å². The summed E-state index contributed by atoms with van der Waals surface area (Å²) in [4.78, 5) is 12.5. The molecule has 1 heterocycles. The van der Waals surface area contributed by atoms with Crippen LogP contribution in [0, 0.1) is 0 Å². The van der Waals surface area contributed by atoms with Crippen molar-refractivity contribution < 1.29 is 23.1 Å². The summed E-state index contributed by atoms with van der Waals surface area (Å²) in [5.74, 6) is -0.732. The van der Waals surface area contributed by atoms with Gasteiger partial charge >= 0.3 is 5.97 Å². The number of aliphatic carboxylic acids is 1. The zero-order valence-corrected chi connectivity index (χ0v) is 11.6. The number of hydrogen-bond donors (Lipinski definition) is 1. The van der Waals surface area contributed by atoms with E-state index in [4.69, 9.17) is 9.84 Å². The lowest BCUT2D eigenvalue weighted by atomic mass is 10.2. The molecule has 0 aromatic heterocycles. The lowest BCUT2D eigenvalue weighted by Gasteiger charge is -2.26. The van der Waals surface area contributed by atoms with Crippen LogP contribution in [-0.2, 0) is 19.4 Å². The second-order valence-electron chi connectivity index (χ2n) is 4.84. The Morgan fingerprint density at radius 1 is 1.50 bits per heavy atom. The first-order chi connectivity index (χ1) is 8.30. The number of hydrogen-bond acceptors (Lipinski definition) is 5. The summed E-state index contributed by atoms with van der Waals surface area (Å²) in [6, 6.07) is -0.193. The van der Waals surface area contributed by atoms with Crippen LogP contribution in [0.15, 0.2) is 0 Å². The summed E-state index contributed by atoms with van der Waals surface area (Å²) in [7, 11) is -2.99. The minimum Gasteiger partial charge on any atom is -0.480 e. The average Bonchev–Trinajstić information content (AvgIpc) is 2.56. The van der Waals surface area contributed by atoms with Crippen molar-refractivity contribution in [2.75, 3.05) is 31.2 Å². The molecule has 1 atom stereocenters. The molecule has 0 spiro atoms. The van der Waals surface area contributed by atoms with Crippen molar-refractivity contribution in [3.63, 3.8) is 0 Å². The number of sulfone groups is 1. The van der Waals surface area contributed by atoms with Crippen LogP contribution in [0.4, 0.5) is 0 Å². The van der Waals surface area contributed by atoms with Gasteiger partial charge in [0.2, 0.25) is 0 Å². The van der Waals surface area contributed by atoms with E-state index in [0.717, 1.165) is 0 Å². The quantitative estimate of drug-likeness (QED) is 0.705. The van der Waals surface area contributed by atoms with Crippen molar-refractivity contribution in [3.05, 3.63) is 0 Å². The van der Waals surface area contributed by atoms with Crippen LogP contribution in [0.3, 0.4) is 0 Å². The minimum atomic E-state index is -2.99. The number of rotatable bonds is 7. The van der Waals surface area contributed by atoms with E-state index in [2.05, 4.69) is 0 Å². The van der Waals surface area contributed by atoms with Crippen molar-refractivity contribution in [3.8, 4) is 0 Å². The van der Waals surface area contributed by atoms with E-state index in [1.807, 2.05) is 13.8 Å². The van der Waals surface area contributed by atoms with E-state index in [1.54, 1.807) is 4.90 Å². The minimum absolute atomic E-state index is 0.0575. The van der Waals surface area contributed by atoms with E-state index in [0.29, 0.717) is 19.6 Å². The first kappa shape index (κ1) is 15.4. The lowest BCUT2D eigenvalue weighted by Crippen LogP contribution is -2.42. The molecule has 1 rings (SSSR count). The van der Waals surface area contributed by atoms with Crippen LogP contribution >= 0.6 is 0 Å². The molecule has 6 nitrogen and oxygen atoms in total. The van der Waals surface area contributed by atoms with Crippen LogP contribution in [0.2, 0.25) is 0 Å². The predicted octanol–water partition coefficient (Wildman–Crippen LogP) is -0.0149. The van der Waals surface area contributed by atoms with Crippen molar-refractivity contribution in [2.24, 2.45) is 0 Å². The number of carbonyl (C=O) groups is 1. The zero-order valence-electron chi connectivity index (χ0n) is 10.8. The van der Waals surface area contributed by atoms with E-state index in [-0.39, 0.29) is 30.2 Å². The molecule has 7 heteroatoms. The lowest BCUT2D eigenvalue weighted by molar-refractivity contribution is -0.139. The number of carboxylic acids is 1. The Morgan fingerprint density at radius 3 is 2.61 bits per heavy atom. The van der Waals surface area contributed by atoms with Crippen LogP contribution in [0.1, 0.15) is 20.3 Å². The smallest absolute Gasteiger partial charge is 0.317 e. The van der Waals surface area contributed by atoms with E-state index >= 15 is 0 Å². The Morgan fingerprint density at radius 2 is 2.17 bits per heavy atom. The molecule has 0 aromatic carbocycles. The van der Waals surface area contributed by atoms with Gasteiger partial charge in [-0.1, -0.05) is 0 Å². The molecule has 1 unspecified atom stereocenters. The number of ether oxygens (including phenoxy) is 1. The molecule has 0 saturated carbocycles. The van der Waals surface area contributed by atoms with Crippen LogP contribution < -0.4 is 0 Å². The highest BCUT2D eigenvalue weighted by atomic mass is 32.2. The number of carboxylic acid groups (broad SMARTS) is 1. The van der Waals surface area contributed by atoms with Gasteiger partial charge in [-0.15, -0.1) is 0 Å². The molecule has 1 aliphatic heterocycles. The maximum atomic E-state index is 11.4. The van der Waals surface area contributed by atoms with Gasteiger partial charge < -0.3 is 9.84 Å². The Hall–Kier alpha value is -0.660. The molecule has 0 aliphatic carbocycles. The fourth-order valence-electron chi connectivity index (χ4n) is 2.03. The van der Waals surface area contributed by atoms with Crippen LogP contribution in [-0.4, -0.2) is 67.7 Å². The summed E-state index contributed by atoms with van der Waals surface area (Å²) < 4.78 is 28.2. The van der Waals surface area contributed by atoms with E-state index in [1.165, 1.54) is 0 Å². The first-order valence-electron chi connectivity index (χ1n) is 6.08. The van der Waals surface area contributed by atoms with Crippen molar-refractivity contribution >= 4 is 15.8 Å². The van der Waals surface area contributed by atoms with Gasteiger partial charge in [-0.3, -0.25) is 9.69 Å². The van der Waals surface area contributed by atoms with Gasteiger partial charge in [0.1, 0.15) is 0 Å². The third kappa shape index (κ3) is 5.32. The molecule has 0 amide bonds. The van der Waals surface area contributed by atoms with Gasteiger partial charge in [0.25, 0.3) is 0 Å². The molecule has 106 valence electrons. The average molecular weight is 279 g/mol. The molecule has 0 aromatic rings. The van der Waals surface area contributed by atoms with Crippen molar-refractivity contribution in [2.45, 2.75) is 32.4 Å². The SMILES string of the molecule is CC(C)OCCN(CC(=O)O)C1CCS(=O)(=O)C1. The van der Waals surface area contributed by atoms with Gasteiger partial charge in [0, 0.05) is 12.6 Å².